The molecular formula is C20H40N6O2. The quantitative estimate of drug-likeness (QED) is 0.550. The van der Waals surface area contributed by atoms with Gasteiger partial charge in [-0.1, -0.05) is 0 Å². The maximum atomic E-state index is 12.0. The van der Waals surface area contributed by atoms with Crippen LogP contribution in [0.2, 0.25) is 0 Å². The predicted molar refractivity (Wildman–Crippen MR) is 111 cm³/mol. The zero-order valence-corrected chi connectivity index (χ0v) is 17.9. The minimum Gasteiger partial charge on any atom is -0.360 e. The van der Waals surface area contributed by atoms with Gasteiger partial charge in [-0.3, -0.25) is 19.5 Å². The molecule has 0 radical (unpaired) electrons. The lowest BCUT2D eigenvalue weighted by Crippen LogP contribution is -2.57. The molecule has 3 rings (SSSR count). The first-order valence-electron chi connectivity index (χ1n) is 11.1. The van der Waals surface area contributed by atoms with Crippen molar-refractivity contribution in [1.29, 1.82) is 0 Å². The summed E-state index contributed by atoms with van der Waals surface area (Å²) in [5.74, 6) is 0.132. The molecule has 3 aliphatic rings. The molecule has 1 unspecified atom stereocenters. The normalized spacial score (nSPS) is 26.6. The van der Waals surface area contributed by atoms with Gasteiger partial charge in [0.05, 0.1) is 13.2 Å². The predicted octanol–water partition coefficient (Wildman–Crippen LogP) is -0.918. The number of rotatable bonds is 8. The maximum absolute atomic E-state index is 12.0. The van der Waals surface area contributed by atoms with Crippen molar-refractivity contribution in [3.8, 4) is 0 Å². The topological polar surface area (TPSA) is 63.3 Å². The molecule has 0 aromatic rings. The molecule has 3 fully saturated rings. The molecule has 8 nitrogen and oxygen atoms in total. The van der Waals surface area contributed by atoms with Crippen molar-refractivity contribution in [3.63, 3.8) is 0 Å². The molecule has 0 spiro atoms. The van der Waals surface area contributed by atoms with Gasteiger partial charge in [-0.25, -0.2) is 0 Å². The van der Waals surface area contributed by atoms with Crippen molar-refractivity contribution < 1.29 is 9.53 Å². The van der Waals surface area contributed by atoms with E-state index in [1.807, 2.05) is 13.8 Å². The lowest BCUT2D eigenvalue weighted by atomic mass is 10.2. The second-order valence-electron chi connectivity index (χ2n) is 8.61. The number of nitrogens with zero attached hydrogens (tertiary/aromatic N) is 4. The van der Waals surface area contributed by atoms with Gasteiger partial charge in [0.1, 0.15) is 6.23 Å². The van der Waals surface area contributed by atoms with E-state index in [4.69, 9.17) is 4.74 Å². The molecule has 1 amide bonds. The summed E-state index contributed by atoms with van der Waals surface area (Å²) in [6, 6.07) is 0.210. The molecule has 0 aromatic carbocycles. The highest BCUT2D eigenvalue weighted by atomic mass is 16.5. The summed E-state index contributed by atoms with van der Waals surface area (Å²) < 4.78 is 6.08. The molecule has 3 aliphatic heterocycles. The first kappa shape index (κ1) is 21.9. The molecule has 162 valence electrons. The van der Waals surface area contributed by atoms with Gasteiger partial charge in [-0.15, -0.1) is 0 Å². The Morgan fingerprint density at radius 3 is 2.43 bits per heavy atom. The van der Waals surface area contributed by atoms with Crippen LogP contribution in [0.1, 0.15) is 20.3 Å². The molecule has 2 N–H and O–H groups in total. The van der Waals surface area contributed by atoms with E-state index in [0.29, 0.717) is 6.54 Å². The lowest BCUT2D eigenvalue weighted by molar-refractivity contribution is -0.129. The van der Waals surface area contributed by atoms with E-state index in [2.05, 4.69) is 30.2 Å². The van der Waals surface area contributed by atoms with Crippen molar-refractivity contribution in [2.45, 2.75) is 32.5 Å². The Kier molecular flexibility index (Phi) is 8.95. The van der Waals surface area contributed by atoms with Gasteiger partial charge in [-0.05, 0) is 33.4 Å². The number of carbonyl (C=O) groups excluding carboxylic acids is 1. The number of piperazine rings is 2. The van der Waals surface area contributed by atoms with E-state index >= 15 is 0 Å². The highest BCUT2D eigenvalue weighted by Gasteiger charge is 2.29. The summed E-state index contributed by atoms with van der Waals surface area (Å²) in [5.41, 5.74) is 0. The van der Waals surface area contributed by atoms with Crippen molar-refractivity contribution in [3.05, 3.63) is 0 Å². The molecule has 1 atom stereocenters. The van der Waals surface area contributed by atoms with Crippen LogP contribution in [0, 0.1) is 0 Å². The molecule has 0 aromatic heterocycles. The molecule has 8 heteroatoms. The van der Waals surface area contributed by atoms with Crippen molar-refractivity contribution in [2.24, 2.45) is 0 Å². The van der Waals surface area contributed by atoms with Crippen LogP contribution >= 0.6 is 0 Å². The zero-order chi connectivity index (χ0) is 19.8. The minimum atomic E-state index is 0.132. The van der Waals surface area contributed by atoms with E-state index < -0.39 is 0 Å². The minimum absolute atomic E-state index is 0.132. The number of amides is 1. The van der Waals surface area contributed by atoms with Gasteiger partial charge < -0.3 is 20.3 Å². The first-order valence-corrected chi connectivity index (χ1v) is 11.1. The van der Waals surface area contributed by atoms with Crippen molar-refractivity contribution >= 4 is 5.91 Å². The average molecular weight is 397 g/mol. The monoisotopic (exact) mass is 396 g/mol. The Hall–Kier alpha value is -0.770. The van der Waals surface area contributed by atoms with E-state index in [-0.39, 0.29) is 18.2 Å². The molecule has 3 saturated heterocycles. The third-order valence-electron chi connectivity index (χ3n) is 5.92. The van der Waals surface area contributed by atoms with Gasteiger partial charge in [-0.2, -0.15) is 0 Å². The fourth-order valence-corrected chi connectivity index (χ4v) is 4.34. The Labute approximate surface area is 170 Å². The number of hydrogen-bond donors (Lipinski definition) is 2. The molecule has 0 aliphatic carbocycles. The van der Waals surface area contributed by atoms with Gasteiger partial charge in [0.15, 0.2) is 0 Å². The van der Waals surface area contributed by atoms with Crippen molar-refractivity contribution in [1.82, 2.24) is 30.2 Å². The van der Waals surface area contributed by atoms with Crippen LogP contribution in [0.4, 0.5) is 0 Å². The molecule has 28 heavy (non-hydrogen) atoms. The van der Waals surface area contributed by atoms with Crippen LogP contribution < -0.4 is 10.6 Å². The zero-order valence-electron chi connectivity index (χ0n) is 17.9. The van der Waals surface area contributed by atoms with Crippen LogP contribution in [-0.2, 0) is 9.53 Å². The number of hydrogen-bond acceptors (Lipinski definition) is 7. The van der Waals surface area contributed by atoms with Crippen LogP contribution in [-0.4, -0.2) is 129 Å². The molecule has 3 heterocycles. The summed E-state index contributed by atoms with van der Waals surface area (Å²) in [6.45, 7) is 18.3. The van der Waals surface area contributed by atoms with E-state index in [1.54, 1.807) is 0 Å². The Morgan fingerprint density at radius 1 is 1.00 bits per heavy atom. The van der Waals surface area contributed by atoms with E-state index in [0.717, 1.165) is 59.0 Å². The summed E-state index contributed by atoms with van der Waals surface area (Å²) in [6.07, 6.45) is 1.45. The highest BCUT2D eigenvalue weighted by Crippen LogP contribution is 2.13. The Bertz CT molecular complexity index is 464. The second kappa shape index (κ2) is 11.4. The maximum Gasteiger partial charge on any atom is 0.234 e. The summed E-state index contributed by atoms with van der Waals surface area (Å²) in [5, 5.41) is 6.40. The van der Waals surface area contributed by atoms with Crippen LogP contribution in [0.25, 0.3) is 0 Å². The summed E-state index contributed by atoms with van der Waals surface area (Å²) in [4.78, 5) is 21.8. The number of nitrogens with one attached hydrogen (secondary N) is 2. The standard InChI is InChI=1S/C20H40N6O2/c1-18(2)22-19(27)16-25-10-12-26(13-11-25)20-17-24(14-15-28-20)7-3-6-23-8-4-21-5-9-23/h18,20-21H,3-17H2,1-2H3,(H,22,27). The number of carbonyl (C=O) groups is 1. The Balaban J connectivity index is 1.32. The van der Waals surface area contributed by atoms with Crippen LogP contribution in [0.15, 0.2) is 0 Å². The first-order chi connectivity index (χ1) is 13.6. The third-order valence-corrected chi connectivity index (χ3v) is 5.92. The Morgan fingerprint density at radius 2 is 1.71 bits per heavy atom. The summed E-state index contributed by atoms with van der Waals surface area (Å²) >= 11 is 0. The van der Waals surface area contributed by atoms with Crippen LogP contribution in [0.5, 0.6) is 0 Å². The fraction of sp³-hybridized carbons (Fsp3) is 0.950. The number of morpholine rings is 1. The van der Waals surface area contributed by atoms with Crippen molar-refractivity contribution in [2.75, 3.05) is 91.7 Å². The van der Waals surface area contributed by atoms with Gasteiger partial charge in [0, 0.05) is 71.5 Å². The smallest absolute Gasteiger partial charge is 0.234 e. The molecule has 0 bridgehead atoms. The lowest BCUT2D eigenvalue weighted by Gasteiger charge is -2.43. The molecular weight excluding hydrogens is 356 g/mol. The highest BCUT2D eigenvalue weighted by molar-refractivity contribution is 5.78. The number of ether oxygens (including phenoxy) is 1. The van der Waals surface area contributed by atoms with E-state index in [1.165, 1.54) is 32.6 Å². The van der Waals surface area contributed by atoms with E-state index in [9.17, 15) is 4.79 Å². The third kappa shape index (κ3) is 7.24. The summed E-state index contributed by atoms with van der Waals surface area (Å²) in [7, 11) is 0. The second-order valence-corrected chi connectivity index (χ2v) is 8.61. The molecule has 0 saturated carbocycles. The van der Waals surface area contributed by atoms with Gasteiger partial charge in [0.2, 0.25) is 5.91 Å². The fourth-order valence-electron chi connectivity index (χ4n) is 4.34. The van der Waals surface area contributed by atoms with Gasteiger partial charge in [0.25, 0.3) is 0 Å². The van der Waals surface area contributed by atoms with Crippen LogP contribution in [0.3, 0.4) is 0 Å². The SMILES string of the molecule is CC(C)NC(=O)CN1CCN(C2CN(CCCN3CCNCC3)CCO2)CC1. The van der Waals surface area contributed by atoms with Gasteiger partial charge >= 0.3 is 0 Å². The average Bonchev–Trinajstić information content (AvgIpc) is 2.69. The largest absolute Gasteiger partial charge is 0.360 e.